The number of carbonyl (C=O) groups is 1. The van der Waals surface area contributed by atoms with Gasteiger partial charge < -0.3 is 15.6 Å². The largest absolute Gasteiger partial charge is 0.397 e. The maximum Gasteiger partial charge on any atom is 0.272 e. The van der Waals surface area contributed by atoms with Crippen LogP contribution in [0.25, 0.3) is 0 Å². The molecule has 1 aromatic carbocycles. The average Bonchev–Trinajstić information content (AvgIpc) is 3.18. The van der Waals surface area contributed by atoms with Gasteiger partial charge in [-0.25, -0.2) is 0 Å². The lowest BCUT2D eigenvalue weighted by Gasteiger charge is -2.11. The Bertz CT molecular complexity index is 720. The van der Waals surface area contributed by atoms with Crippen molar-refractivity contribution >= 4 is 40.5 Å². The van der Waals surface area contributed by atoms with Gasteiger partial charge in [-0.05, 0) is 43.5 Å². The normalized spacial score (nSPS) is 14.2. The summed E-state index contributed by atoms with van der Waals surface area (Å²) in [6.45, 7) is 1.86. The third-order valence-corrected chi connectivity index (χ3v) is 4.26. The van der Waals surface area contributed by atoms with Crippen LogP contribution in [0.2, 0.25) is 10.0 Å². The van der Waals surface area contributed by atoms with E-state index < -0.39 is 0 Å². The molecular formula is C15H15Cl2N3O. The number of halogens is 2. The zero-order chi connectivity index (χ0) is 15.1. The molecule has 1 saturated carbocycles. The zero-order valence-corrected chi connectivity index (χ0v) is 13.0. The molecular weight excluding hydrogens is 309 g/mol. The van der Waals surface area contributed by atoms with E-state index in [0.717, 1.165) is 18.4 Å². The van der Waals surface area contributed by atoms with Crippen molar-refractivity contribution in [3.8, 4) is 0 Å². The molecule has 1 fully saturated rings. The highest BCUT2D eigenvalue weighted by molar-refractivity contribution is 6.36. The van der Waals surface area contributed by atoms with Crippen molar-refractivity contribution in [2.45, 2.75) is 25.8 Å². The van der Waals surface area contributed by atoms with E-state index in [-0.39, 0.29) is 5.91 Å². The van der Waals surface area contributed by atoms with Crippen LogP contribution in [0.3, 0.4) is 0 Å². The molecule has 1 heterocycles. The van der Waals surface area contributed by atoms with Crippen LogP contribution < -0.4 is 11.1 Å². The molecule has 0 aliphatic heterocycles. The Morgan fingerprint density at radius 1 is 1.29 bits per heavy atom. The van der Waals surface area contributed by atoms with Crippen molar-refractivity contribution in [1.29, 1.82) is 0 Å². The fourth-order valence-corrected chi connectivity index (χ4v) is 2.69. The number of amides is 1. The van der Waals surface area contributed by atoms with Crippen LogP contribution in [0.1, 0.15) is 34.9 Å². The predicted molar refractivity (Wildman–Crippen MR) is 86.3 cm³/mol. The number of hydrogen-bond acceptors (Lipinski definition) is 2. The number of nitrogens with zero attached hydrogens (tertiary/aromatic N) is 1. The molecule has 1 aliphatic carbocycles. The number of rotatable bonds is 3. The maximum absolute atomic E-state index is 12.4. The second kappa shape index (κ2) is 5.28. The standard InChI is InChI=1S/C15H15Cl2N3O/c1-8-4-12(17)13(6-11(8)16)19-15(21)14-5-9(18)7-20(14)10-2-3-10/h4-7,10H,2-3,18H2,1H3,(H,19,21). The maximum atomic E-state index is 12.4. The number of carbonyl (C=O) groups excluding carboxylic acids is 1. The van der Waals surface area contributed by atoms with Crippen LogP contribution >= 0.6 is 23.2 Å². The van der Waals surface area contributed by atoms with Gasteiger partial charge in [0.05, 0.1) is 16.4 Å². The summed E-state index contributed by atoms with van der Waals surface area (Å²) < 4.78 is 1.92. The first-order valence-electron chi connectivity index (χ1n) is 6.70. The molecule has 2 aromatic rings. The summed E-state index contributed by atoms with van der Waals surface area (Å²) in [5.74, 6) is -0.236. The second-order valence-corrected chi connectivity index (χ2v) is 6.15. The summed E-state index contributed by atoms with van der Waals surface area (Å²) in [5, 5.41) is 3.82. The monoisotopic (exact) mass is 323 g/mol. The van der Waals surface area contributed by atoms with E-state index in [4.69, 9.17) is 28.9 Å². The number of nitrogens with one attached hydrogen (secondary N) is 1. The van der Waals surface area contributed by atoms with E-state index in [0.29, 0.717) is 33.2 Å². The van der Waals surface area contributed by atoms with Gasteiger partial charge in [0, 0.05) is 17.3 Å². The molecule has 4 nitrogen and oxygen atoms in total. The van der Waals surface area contributed by atoms with Crippen molar-refractivity contribution in [2.24, 2.45) is 0 Å². The minimum absolute atomic E-state index is 0.236. The zero-order valence-electron chi connectivity index (χ0n) is 11.5. The lowest BCUT2D eigenvalue weighted by atomic mass is 10.2. The van der Waals surface area contributed by atoms with Crippen molar-refractivity contribution in [3.05, 3.63) is 45.7 Å². The molecule has 0 bridgehead atoms. The average molecular weight is 324 g/mol. The van der Waals surface area contributed by atoms with Gasteiger partial charge in [0.15, 0.2) is 0 Å². The van der Waals surface area contributed by atoms with Crippen LogP contribution in [0, 0.1) is 6.92 Å². The Hall–Kier alpha value is -1.65. The number of anilines is 2. The fourth-order valence-electron chi connectivity index (χ4n) is 2.27. The third kappa shape index (κ3) is 2.87. The van der Waals surface area contributed by atoms with Crippen molar-refractivity contribution < 1.29 is 4.79 Å². The molecule has 0 saturated heterocycles. The minimum atomic E-state index is -0.236. The van der Waals surface area contributed by atoms with Gasteiger partial charge in [-0.3, -0.25) is 4.79 Å². The molecule has 6 heteroatoms. The summed E-state index contributed by atoms with van der Waals surface area (Å²) in [4.78, 5) is 12.4. The lowest BCUT2D eigenvalue weighted by Crippen LogP contribution is -2.16. The van der Waals surface area contributed by atoms with E-state index in [9.17, 15) is 4.79 Å². The first-order valence-corrected chi connectivity index (χ1v) is 7.45. The Morgan fingerprint density at radius 3 is 2.67 bits per heavy atom. The van der Waals surface area contributed by atoms with Gasteiger partial charge in [-0.2, -0.15) is 0 Å². The number of nitrogen functional groups attached to an aromatic ring is 1. The molecule has 3 rings (SSSR count). The number of nitrogens with two attached hydrogens (primary N) is 1. The van der Waals surface area contributed by atoms with Gasteiger partial charge in [0.25, 0.3) is 5.91 Å². The highest BCUT2D eigenvalue weighted by Gasteiger charge is 2.28. The number of benzene rings is 1. The fraction of sp³-hybridized carbons (Fsp3) is 0.267. The molecule has 0 spiro atoms. The van der Waals surface area contributed by atoms with E-state index in [1.165, 1.54) is 0 Å². The molecule has 1 aliphatic rings. The number of hydrogen-bond donors (Lipinski definition) is 2. The van der Waals surface area contributed by atoms with Crippen molar-refractivity contribution in [3.63, 3.8) is 0 Å². The molecule has 110 valence electrons. The number of aromatic nitrogens is 1. The van der Waals surface area contributed by atoms with E-state index in [1.807, 2.05) is 11.5 Å². The van der Waals surface area contributed by atoms with E-state index in [1.54, 1.807) is 24.4 Å². The molecule has 0 radical (unpaired) electrons. The molecule has 1 amide bonds. The summed E-state index contributed by atoms with van der Waals surface area (Å²) in [7, 11) is 0. The molecule has 21 heavy (non-hydrogen) atoms. The van der Waals surface area contributed by atoms with Crippen molar-refractivity contribution in [1.82, 2.24) is 4.57 Å². The van der Waals surface area contributed by atoms with Crippen molar-refractivity contribution in [2.75, 3.05) is 11.1 Å². The highest BCUT2D eigenvalue weighted by Crippen LogP contribution is 2.37. The van der Waals surface area contributed by atoms with Crippen LogP contribution in [-0.2, 0) is 0 Å². The van der Waals surface area contributed by atoms with Gasteiger partial charge in [-0.15, -0.1) is 0 Å². The molecule has 0 unspecified atom stereocenters. The first kappa shape index (κ1) is 14.3. The van der Waals surface area contributed by atoms with E-state index in [2.05, 4.69) is 5.32 Å². The van der Waals surface area contributed by atoms with Gasteiger partial charge in [0.1, 0.15) is 5.69 Å². The summed E-state index contributed by atoms with van der Waals surface area (Å²) in [5.41, 5.74) is 8.30. The van der Waals surface area contributed by atoms with Gasteiger partial charge in [-0.1, -0.05) is 23.2 Å². The Balaban J connectivity index is 1.88. The summed E-state index contributed by atoms with van der Waals surface area (Å²) >= 11 is 12.2. The van der Waals surface area contributed by atoms with Crippen LogP contribution in [-0.4, -0.2) is 10.5 Å². The van der Waals surface area contributed by atoms with Crippen LogP contribution in [0.4, 0.5) is 11.4 Å². The SMILES string of the molecule is Cc1cc(Cl)c(NC(=O)c2cc(N)cn2C2CC2)cc1Cl. The Labute approximate surface area is 132 Å². The smallest absolute Gasteiger partial charge is 0.272 e. The lowest BCUT2D eigenvalue weighted by molar-refractivity contribution is 0.101. The number of aryl methyl sites for hydroxylation is 1. The molecule has 0 atom stereocenters. The first-order chi connectivity index (χ1) is 9.95. The highest BCUT2D eigenvalue weighted by atomic mass is 35.5. The summed E-state index contributed by atoms with van der Waals surface area (Å²) in [6, 6.07) is 5.44. The second-order valence-electron chi connectivity index (χ2n) is 5.33. The molecule has 1 aromatic heterocycles. The van der Waals surface area contributed by atoms with Crippen LogP contribution in [0.5, 0.6) is 0 Å². The predicted octanol–water partition coefficient (Wildman–Crippen LogP) is 4.27. The third-order valence-electron chi connectivity index (χ3n) is 3.54. The van der Waals surface area contributed by atoms with Crippen LogP contribution in [0.15, 0.2) is 24.4 Å². The topological polar surface area (TPSA) is 60.1 Å². The van der Waals surface area contributed by atoms with Gasteiger partial charge in [0.2, 0.25) is 0 Å². The Morgan fingerprint density at radius 2 is 2.00 bits per heavy atom. The van der Waals surface area contributed by atoms with E-state index >= 15 is 0 Å². The molecule has 3 N–H and O–H groups in total. The minimum Gasteiger partial charge on any atom is -0.397 e. The quantitative estimate of drug-likeness (QED) is 0.885. The Kier molecular flexibility index (Phi) is 3.59. The van der Waals surface area contributed by atoms with Gasteiger partial charge >= 0.3 is 0 Å². The summed E-state index contributed by atoms with van der Waals surface area (Å²) in [6.07, 6.45) is 3.95.